The summed E-state index contributed by atoms with van der Waals surface area (Å²) in [7, 11) is 4.04. The van der Waals surface area contributed by atoms with Crippen LogP contribution in [0.5, 0.6) is 0 Å². The van der Waals surface area contributed by atoms with Crippen molar-refractivity contribution >= 4 is 44.4 Å². The first kappa shape index (κ1) is 36.8. The Bertz CT molecular complexity index is 2540. The third-order valence-electron chi connectivity index (χ3n) is 8.31. The van der Waals surface area contributed by atoms with Gasteiger partial charge in [0.25, 0.3) is 0 Å². The number of fused-ring (bicyclic) bond motifs is 7. The van der Waals surface area contributed by atoms with E-state index in [0.717, 1.165) is 39.1 Å². The molecule has 0 aliphatic heterocycles. The third-order valence-corrected chi connectivity index (χ3v) is 8.31. The van der Waals surface area contributed by atoms with Gasteiger partial charge in [-0.3, -0.25) is 34.5 Å². The van der Waals surface area contributed by atoms with Gasteiger partial charge in [0, 0.05) is 60.0 Å². The number of rotatable bonds is 4. The number of hydrogen-bond acceptors (Lipinski definition) is 9. The number of hydrogen-bond donors (Lipinski definition) is 0. The minimum Gasteiger partial charge on any atom is -0.331 e. The molecule has 0 saturated carbocycles. The second-order valence-corrected chi connectivity index (χ2v) is 11.5. The molecule has 1 aliphatic rings. The first-order chi connectivity index (χ1) is 26.0. The fourth-order valence-corrected chi connectivity index (χ4v) is 5.88. The van der Waals surface area contributed by atoms with E-state index in [1.165, 1.54) is 12.2 Å². The zero-order valence-electron chi connectivity index (χ0n) is 28.7. The van der Waals surface area contributed by atoms with Crippen molar-refractivity contribution in [3.63, 3.8) is 0 Å². The first-order valence-corrected chi connectivity index (χ1v) is 16.5. The average molecular weight is 792 g/mol. The standard InChI is InChI=1S/C23H14N4O2.2C10H8N2.Ru/c1-4-12-13(5-2)23(29)20-19(22(12)28)25-16-14-8-6-10-24-18(14)21-15(17(16)26-20)9-7-11-27(21)3;2*1-3-7-11-9(5-1)10-6-2-4-8-12-10;/h4-11H,1-3H2;2*1-8H;/q;;;+1. The van der Waals surface area contributed by atoms with E-state index in [9.17, 15) is 9.59 Å². The Morgan fingerprint density at radius 3 is 1.31 bits per heavy atom. The number of benzene rings is 1. The van der Waals surface area contributed by atoms with Gasteiger partial charge >= 0.3 is 19.5 Å². The van der Waals surface area contributed by atoms with Crippen molar-refractivity contribution in [1.29, 1.82) is 0 Å². The fraction of sp³-hybridized carbons (Fsp3) is 0. The Kier molecular flexibility index (Phi) is 11.3. The van der Waals surface area contributed by atoms with Crippen molar-refractivity contribution in [1.82, 2.24) is 34.9 Å². The van der Waals surface area contributed by atoms with Gasteiger partial charge in [-0.15, -0.1) is 0 Å². The summed E-state index contributed by atoms with van der Waals surface area (Å²) < 4.78 is 1.71. The molecule has 10 nitrogen and oxygen atoms in total. The molecule has 1 aromatic carbocycles. The average Bonchev–Trinajstić information content (AvgIpc) is 3.23. The maximum Gasteiger partial charge on any atom is 1.00 e. The van der Waals surface area contributed by atoms with Crippen LogP contribution >= 0.6 is 0 Å². The van der Waals surface area contributed by atoms with E-state index in [4.69, 9.17) is 0 Å². The Labute approximate surface area is 323 Å². The molecule has 0 fully saturated rings. The predicted molar refractivity (Wildman–Crippen MR) is 204 cm³/mol. The van der Waals surface area contributed by atoms with Crippen LogP contribution in [-0.2, 0) is 19.5 Å². The maximum absolute atomic E-state index is 13.0. The van der Waals surface area contributed by atoms with Crippen LogP contribution in [0.15, 0.2) is 171 Å². The molecule has 0 saturated heterocycles. The summed E-state index contributed by atoms with van der Waals surface area (Å²) >= 11 is 0. The fourth-order valence-electron chi connectivity index (χ4n) is 5.88. The van der Waals surface area contributed by atoms with Gasteiger partial charge in [-0.2, -0.15) is 0 Å². The Morgan fingerprint density at radius 2 is 0.907 bits per heavy atom. The van der Waals surface area contributed by atoms with Crippen molar-refractivity contribution in [2.75, 3.05) is 0 Å². The van der Waals surface area contributed by atoms with E-state index in [0.29, 0.717) is 16.6 Å². The second kappa shape index (κ2) is 16.6. The molecule has 0 amide bonds. The maximum atomic E-state index is 13.0. The van der Waals surface area contributed by atoms with E-state index >= 15 is 0 Å². The van der Waals surface area contributed by atoms with Crippen molar-refractivity contribution < 1.29 is 33.6 Å². The number of allylic oxidation sites excluding steroid dienone is 4. The molecule has 11 heteroatoms. The summed E-state index contributed by atoms with van der Waals surface area (Å²) in [6.07, 6.45) is 13.3. The summed E-state index contributed by atoms with van der Waals surface area (Å²) in [4.78, 5) is 56.5. The van der Waals surface area contributed by atoms with Crippen molar-refractivity contribution in [2.24, 2.45) is 0 Å². The van der Waals surface area contributed by atoms with Gasteiger partial charge in [-0.05, 0) is 60.7 Å². The molecule has 8 aromatic rings. The van der Waals surface area contributed by atoms with Crippen LogP contribution in [0, 0.1) is 7.05 Å². The van der Waals surface area contributed by atoms with Crippen molar-refractivity contribution in [3.8, 4) is 22.8 Å². The predicted octanol–water partition coefficient (Wildman–Crippen LogP) is 7.59. The number of carbonyl (C=O) groups excluding carboxylic acids is 2. The molecule has 0 spiro atoms. The Balaban J connectivity index is 0.000000163. The molecule has 54 heavy (non-hydrogen) atoms. The molecule has 0 bridgehead atoms. The van der Waals surface area contributed by atoms with E-state index in [-0.39, 0.29) is 42.0 Å². The first-order valence-electron chi connectivity index (χ1n) is 16.5. The molecule has 9 rings (SSSR count). The second-order valence-electron chi connectivity index (χ2n) is 11.5. The monoisotopic (exact) mass is 792 g/mol. The number of Topliss-reactive ketones (excluding diaryl/α,β-unsaturated/α-hetero) is 2. The summed E-state index contributed by atoms with van der Waals surface area (Å²) in [5.41, 5.74) is 6.56. The zero-order valence-corrected chi connectivity index (χ0v) is 30.5. The SMILES string of the molecule is C=CC1=C(C=C)C(=O)c2nc3c4ccc[n+]([CH2-])c4c4ncccc4c3nc2C1=O.[Ru+].c1ccc(-c2ccccn2)nc1.c1ccc(-c2ccccn2)nc1. The van der Waals surface area contributed by atoms with Crippen LogP contribution in [0.4, 0.5) is 0 Å². The molecule has 0 N–H and O–H groups in total. The van der Waals surface area contributed by atoms with Gasteiger partial charge in [-0.1, -0.05) is 61.7 Å². The molecule has 7 aromatic heterocycles. The van der Waals surface area contributed by atoms with Crippen LogP contribution in [0.2, 0.25) is 0 Å². The van der Waals surface area contributed by atoms with Gasteiger partial charge < -0.3 is 4.57 Å². The molecule has 261 valence electrons. The van der Waals surface area contributed by atoms with Gasteiger partial charge in [0.15, 0.2) is 0 Å². The van der Waals surface area contributed by atoms with Gasteiger partial charge in [0.1, 0.15) is 16.9 Å². The smallest absolute Gasteiger partial charge is 0.331 e. The minimum absolute atomic E-state index is 0. The third kappa shape index (κ3) is 7.21. The van der Waals surface area contributed by atoms with Crippen LogP contribution in [0.3, 0.4) is 0 Å². The topological polar surface area (TPSA) is 128 Å². The van der Waals surface area contributed by atoms with Crippen LogP contribution in [0.1, 0.15) is 21.0 Å². The van der Waals surface area contributed by atoms with Gasteiger partial charge in [0.2, 0.25) is 11.6 Å². The van der Waals surface area contributed by atoms with E-state index in [2.05, 4.69) is 55.1 Å². The largest absolute Gasteiger partial charge is 1.00 e. The minimum atomic E-state index is -0.392. The molecular weight excluding hydrogens is 762 g/mol. The molecular formula is C43H30N8O2Ru+. The quantitative estimate of drug-likeness (QED) is 0.0767. The van der Waals surface area contributed by atoms with Crippen LogP contribution < -0.4 is 4.57 Å². The molecule has 0 unspecified atom stereocenters. The zero-order chi connectivity index (χ0) is 36.7. The van der Waals surface area contributed by atoms with Crippen molar-refractivity contribution in [2.45, 2.75) is 0 Å². The number of nitrogens with zero attached hydrogens (tertiary/aromatic N) is 8. The summed E-state index contributed by atoms with van der Waals surface area (Å²) in [5.74, 6) is -0.784. The summed E-state index contributed by atoms with van der Waals surface area (Å²) in [6.45, 7) is 7.31. The van der Waals surface area contributed by atoms with Gasteiger partial charge in [-0.25, -0.2) is 9.97 Å². The Morgan fingerprint density at radius 1 is 0.500 bits per heavy atom. The number of pyridine rings is 6. The summed E-state index contributed by atoms with van der Waals surface area (Å²) in [6, 6.07) is 30.6. The normalized spacial score (nSPS) is 11.8. The van der Waals surface area contributed by atoms with E-state index in [1.54, 1.807) is 41.6 Å². The van der Waals surface area contributed by atoms with Gasteiger partial charge in [0.05, 0.1) is 45.5 Å². The van der Waals surface area contributed by atoms with E-state index < -0.39 is 11.6 Å². The van der Waals surface area contributed by atoms with E-state index in [1.807, 2.05) is 97.2 Å². The number of aromatic nitrogens is 8. The van der Waals surface area contributed by atoms with Crippen LogP contribution in [0.25, 0.3) is 55.6 Å². The van der Waals surface area contributed by atoms with Crippen LogP contribution in [-0.4, -0.2) is 46.5 Å². The molecule has 7 heterocycles. The van der Waals surface area contributed by atoms with Crippen molar-refractivity contribution in [3.05, 3.63) is 189 Å². The molecule has 0 atom stereocenters. The Hall–Kier alpha value is -6.97. The molecule has 1 aliphatic carbocycles. The number of ketones is 2. The molecule has 1 radical (unpaired) electrons. The number of carbonyl (C=O) groups is 2. The summed E-state index contributed by atoms with van der Waals surface area (Å²) in [5, 5.41) is 1.48.